The lowest BCUT2D eigenvalue weighted by atomic mass is 9.48. The number of aliphatic hydroxyl groups excluding tert-OH is 2. The molecule has 0 aromatic heterocycles. The number of aliphatic carboxylic acids is 2. The number of carboxylic acids is 2. The molecule has 0 radical (unpaired) electrons. The number of aromatic hydroxyl groups is 1. The molecule has 12 nitrogen and oxygen atoms in total. The number of benzene rings is 1. The van der Waals surface area contributed by atoms with E-state index in [-0.39, 0.29) is 29.8 Å². The van der Waals surface area contributed by atoms with E-state index in [0.29, 0.717) is 12.2 Å². The van der Waals surface area contributed by atoms with E-state index in [1.807, 2.05) is 11.0 Å². The first-order chi connectivity index (χ1) is 20.9. The van der Waals surface area contributed by atoms with Gasteiger partial charge in [0.25, 0.3) is 0 Å². The zero-order valence-electron chi connectivity index (χ0n) is 24.9. The van der Waals surface area contributed by atoms with Crippen LogP contribution in [0.1, 0.15) is 69.4 Å². The summed E-state index contributed by atoms with van der Waals surface area (Å²) >= 11 is 0. The summed E-state index contributed by atoms with van der Waals surface area (Å²) in [4.78, 5) is 37.5. The SMILES string of the molecule is CCC/C=C1\CCN([C@@H]2CC[C@@]3(O)[C@H]4Cc5ccc(O)c6c5[C@@]3(CCN4CC3CC3)[C@H]2O6)C1=O.O=C(O)C(O)C(O)C(=O)O. The molecule has 1 aromatic rings. The van der Waals surface area contributed by atoms with E-state index in [1.54, 1.807) is 6.07 Å². The molecule has 1 spiro atoms. The Morgan fingerprint density at radius 1 is 1.09 bits per heavy atom. The average molecular weight is 615 g/mol. The Morgan fingerprint density at radius 3 is 2.43 bits per heavy atom. The predicted octanol–water partition coefficient (Wildman–Crippen LogP) is 1.16. The number of hydrogen-bond donors (Lipinski definition) is 6. The highest BCUT2D eigenvalue weighted by Gasteiger charge is 2.73. The van der Waals surface area contributed by atoms with Gasteiger partial charge in [0.2, 0.25) is 5.91 Å². The molecule has 3 heterocycles. The number of phenolic OH excluding ortho intramolecular Hbond substituents is 1. The molecule has 6 N–H and O–H groups in total. The summed E-state index contributed by atoms with van der Waals surface area (Å²) in [5.74, 6) is -1.89. The highest BCUT2D eigenvalue weighted by molar-refractivity contribution is 5.96. The number of rotatable bonds is 8. The summed E-state index contributed by atoms with van der Waals surface area (Å²) in [6, 6.07) is 3.81. The van der Waals surface area contributed by atoms with Gasteiger partial charge in [-0.2, -0.15) is 0 Å². The lowest BCUT2D eigenvalue weighted by Gasteiger charge is -2.64. The fourth-order valence-electron chi connectivity index (χ4n) is 8.50. The van der Waals surface area contributed by atoms with E-state index < -0.39 is 35.2 Å². The quantitative estimate of drug-likeness (QED) is 0.231. The van der Waals surface area contributed by atoms with Gasteiger partial charge >= 0.3 is 11.9 Å². The zero-order chi connectivity index (χ0) is 31.6. The van der Waals surface area contributed by atoms with Gasteiger partial charge < -0.3 is 40.3 Å². The first kappa shape index (κ1) is 30.8. The van der Waals surface area contributed by atoms with E-state index in [1.165, 1.54) is 18.4 Å². The molecule has 2 saturated carbocycles. The molecule has 6 aliphatic rings. The van der Waals surface area contributed by atoms with Gasteiger partial charge in [-0.3, -0.25) is 9.69 Å². The van der Waals surface area contributed by atoms with E-state index in [0.717, 1.165) is 75.2 Å². The van der Waals surface area contributed by atoms with Gasteiger partial charge in [-0.25, -0.2) is 9.59 Å². The normalized spacial score (nSPS) is 34.1. The molecule has 2 saturated heterocycles. The van der Waals surface area contributed by atoms with Crippen LogP contribution in [0.4, 0.5) is 0 Å². The molecule has 3 aliphatic carbocycles. The van der Waals surface area contributed by atoms with Gasteiger partial charge in [-0.05, 0) is 75.5 Å². The van der Waals surface area contributed by atoms with Crippen molar-refractivity contribution < 1.29 is 49.8 Å². The maximum Gasteiger partial charge on any atom is 0.335 e. The number of hydrogen-bond acceptors (Lipinski definition) is 9. The molecule has 44 heavy (non-hydrogen) atoms. The van der Waals surface area contributed by atoms with Crippen molar-refractivity contribution in [2.45, 2.75) is 106 Å². The highest BCUT2D eigenvalue weighted by Crippen LogP contribution is 2.66. The van der Waals surface area contributed by atoms with Gasteiger partial charge in [0.1, 0.15) is 6.10 Å². The first-order valence-electron chi connectivity index (χ1n) is 15.7. The van der Waals surface area contributed by atoms with Gasteiger partial charge in [-0.1, -0.05) is 25.5 Å². The van der Waals surface area contributed by atoms with Crippen molar-refractivity contribution in [3.05, 3.63) is 34.9 Å². The molecular weight excluding hydrogens is 572 g/mol. The molecule has 1 amide bonds. The van der Waals surface area contributed by atoms with Crippen LogP contribution in [0.5, 0.6) is 11.5 Å². The predicted molar refractivity (Wildman–Crippen MR) is 155 cm³/mol. The van der Waals surface area contributed by atoms with Crippen LogP contribution in [-0.4, -0.2) is 114 Å². The number of unbranched alkanes of at least 4 members (excludes halogenated alkanes) is 1. The van der Waals surface area contributed by atoms with Crippen LogP contribution in [0.25, 0.3) is 0 Å². The maximum atomic E-state index is 13.4. The molecule has 12 heteroatoms. The Hall–Kier alpha value is -3.19. The Morgan fingerprint density at radius 2 is 1.80 bits per heavy atom. The number of carbonyl (C=O) groups excluding carboxylic acids is 1. The molecule has 2 unspecified atom stereocenters. The lowest BCUT2D eigenvalue weighted by molar-refractivity contribution is -0.200. The summed E-state index contributed by atoms with van der Waals surface area (Å²) in [6.45, 7) is 4.88. The summed E-state index contributed by atoms with van der Waals surface area (Å²) in [5, 5.41) is 55.9. The molecular formula is C32H42N2O10. The minimum atomic E-state index is -2.27. The first-order valence-corrected chi connectivity index (χ1v) is 15.7. The number of phenols is 1. The van der Waals surface area contributed by atoms with Crippen molar-refractivity contribution in [3.63, 3.8) is 0 Å². The number of amides is 1. The average Bonchev–Trinajstić information content (AvgIpc) is 3.63. The van der Waals surface area contributed by atoms with Gasteiger partial charge in [0.15, 0.2) is 23.7 Å². The van der Waals surface area contributed by atoms with E-state index in [9.17, 15) is 24.6 Å². The monoisotopic (exact) mass is 614 g/mol. The third-order valence-corrected chi connectivity index (χ3v) is 10.8. The largest absolute Gasteiger partial charge is 0.504 e. The molecule has 7 rings (SSSR count). The molecule has 240 valence electrons. The van der Waals surface area contributed by atoms with Gasteiger partial charge in [0.05, 0.1) is 17.1 Å². The number of carboxylic acid groups (broad SMARTS) is 2. The topological polar surface area (TPSA) is 188 Å². The van der Waals surface area contributed by atoms with Crippen molar-refractivity contribution in [1.29, 1.82) is 0 Å². The highest BCUT2D eigenvalue weighted by atomic mass is 16.5. The van der Waals surface area contributed by atoms with Crippen LogP contribution in [0.2, 0.25) is 0 Å². The van der Waals surface area contributed by atoms with Crippen LogP contribution < -0.4 is 4.74 Å². The summed E-state index contributed by atoms with van der Waals surface area (Å²) in [7, 11) is 0. The van der Waals surface area contributed by atoms with Crippen LogP contribution in [-0.2, 0) is 26.2 Å². The fourth-order valence-corrected chi connectivity index (χ4v) is 8.50. The van der Waals surface area contributed by atoms with Crippen molar-refractivity contribution in [2.75, 3.05) is 19.6 Å². The summed E-state index contributed by atoms with van der Waals surface area (Å²) in [6.07, 6.45) is 5.69. The van der Waals surface area contributed by atoms with E-state index in [2.05, 4.69) is 17.9 Å². The molecule has 7 atom stereocenters. The van der Waals surface area contributed by atoms with Crippen LogP contribution in [0.3, 0.4) is 0 Å². The maximum absolute atomic E-state index is 13.4. The molecule has 3 aliphatic heterocycles. The van der Waals surface area contributed by atoms with E-state index in [4.69, 9.17) is 25.2 Å². The van der Waals surface area contributed by atoms with Crippen molar-refractivity contribution in [1.82, 2.24) is 9.80 Å². The van der Waals surface area contributed by atoms with Crippen LogP contribution in [0, 0.1) is 5.92 Å². The van der Waals surface area contributed by atoms with Crippen LogP contribution in [0.15, 0.2) is 23.8 Å². The number of ether oxygens (including phenoxy) is 1. The van der Waals surface area contributed by atoms with E-state index >= 15 is 0 Å². The van der Waals surface area contributed by atoms with Gasteiger partial charge in [-0.15, -0.1) is 0 Å². The Bertz CT molecular complexity index is 1360. The van der Waals surface area contributed by atoms with Crippen molar-refractivity contribution in [2.24, 2.45) is 5.92 Å². The number of nitrogens with zero attached hydrogens (tertiary/aromatic N) is 2. The number of likely N-dealkylation sites (tertiary alicyclic amines) is 2. The standard InChI is InChI=1S/C28H36N2O4.C4H6O6/c1-2-3-4-18-10-13-30(26(18)32)20-9-11-28(33)22-15-19-7-8-21(31)24-23(19)27(28,25(20)34-24)12-14-29(22)16-17-5-6-17;5-1(3(7)8)2(6)4(9)10/h4,7-8,17,20,22,25,31,33H,2-3,5-6,9-16H2,1H3;1-2,5-6H,(H,7,8)(H,9,10)/b18-4+;/t20-,22-,25+,27+,28-;/m1./s1. The lowest BCUT2D eigenvalue weighted by Crippen LogP contribution is -2.78. The third-order valence-electron chi connectivity index (χ3n) is 10.8. The van der Waals surface area contributed by atoms with Crippen molar-refractivity contribution in [3.8, 4) is 11.5 Å². The molecule has 1 aromatic carbocycles. The summed E-state index contributed by atoms with van der Waals surface area (Å²) < 4.78 is 6.65. The fraction of sp³-hybridized carbons (Fsp3) is 0.656. The number of allylic oxidation sites excluding steroid dienone is 1. The molecule has 4 fully saturated rings. The second kappa shape index (κ2) is 11.3. The number of aliphatic hydroxyl groups is 3. The Balaban J connectivity index is 0.000000299. The van der Waals surface area contributed by atoms with Crippen molar-refractivity contribution >= 4 is 17.8 Å². The van der Waals surface area contributed by atoms with Crippen LogP contribution >= 0.6 is 0 Å². The minimum absolute atomic E-state index is 0.0752. The second-order valence-corrected chi connectivity index (χ2v) is 13.2. The Labute approximate surface area is 255 Å². The Kier molecular flexibility index (Phi) is 7.92. The number of carbonyl (C=O) groups is 3. The molecule has 2 bridgehead atoms. The second-order valence-electron chi connectivity index (χ2n) is 13.2. The zero-order valence-corrected chi connectivity index (χ0v) is 24.9. The summed E-state index contributed by atoms with van der Waals surface area (Å²) in [5.41, 5.74) is 1.73. The third kappa shape index (κ3) is 4.69. The smallest absolute Gasteiger partial charge is 0.335 e. The number of piperidine rings is 1. The minimum Gasteiger partial charge on any atom is -0.504 e. The van der Waals surface area contributed by atoms with Gasteiger partial charge in [0, 0.05) is 30.3 Å².